The molecule has 1 unspecified atom stereocenters. The van der Waals surface area contributed by atoms with Gasteiger partial charge in [-0.2, -0.15) is 0 Å². The summed E-state index contributed by atoms with van der Waals surface area (Å²) < 4.78 is 0. The number of amides is 2. The summed E-state index contributed by atoms with van der Waals surface area (Å²) in [6.45, 7) is 2.49. The highest BCUT2D eigenvalue weighted by Crippen LogP contribution is 2.34. The lowest BCUT2D eigenvalue weighted by Gasteiger charge is -2.16. The van der Waals surface area contributed by atoms with Crippen LogP contribution in [0.4, 0.5) is 16.5 Å². The lowest BCUT2D eigenvalue weighted by molar-refractivity contribution is -0.385. The summed E-state index contributed by atoms with van der Waals surface area (Å²) in [6, 6.07) is 13.9. The Bertz CT molecular complexity index is 1140. The summed E-state index contributed by atoms with van der Waals surface area (Å²) >= 11 is 1.21. The van der Waals surface area contributed by atoms with Gasteiger partial charge < -0.3 is 10.2 Å². The summed E-state index contributed by atoms with van der Waals surface area (Å²) in [5, 5.41) is 22.9. The van der Waals surface area contributed by atoms with Gasteiger partial charge in [0, 0.05) is 36.2 Å². The first-order valence-electron chi connectivity index (χ1n) is 9.63. The van der Waals surface area contributed by atoms with E-state index >= 15 is 0 Å². The number of hydrogen-bond donors (Lipinski definition) is 1. The summed E-state index contributed by atoms with van der Waals surface area (Å²) in [4.78, 5) is 37.2. The van der Waals surface area contributed by atoms with Gasteiger partial charge in [0.15, 0.2) is 0 Å². The second-order valence-corrected chi connectivity index (χ2v) is 8.31. The van der Waals surface area contributed by atoms with E-state index in [1.165, 1.54) is 17.4 Å². The fraction of sp³-hybridized carbons (Fsp3) is 0.238. The topological polar surface area (TPSA) is 118 Å². The zero-order chi connectivity index (χ0) is 22.0. The van der Waals surface area contributed by atoms with E-state index in [1.54, 1.807) is 23.1 Å². The molecule has 1 fully saturated rings. The van der Waals surface area contributed by atoms with Crippen LogP contribution in [0.25, 0.3) is 0 Å². The Morgan fingerprint density at radius 1 is 1.23 bits per heavy atom. The van der Waals surface area contributed by atoms with Gasteiger partial charge in [0.1, 0.15) is 5.01 Å². The zero-order valence-electron chi connectivity index (χ0n) is 16.6. The van der Waals surface area contributed by atoms with Gasteiger partial charge in [-0.3, -0.25) is 19.7 Å². The van der Waals surface area contributed by atoms with Crippen molar-refractivity contribution < 1.29 is 14.5 Å². The zero-order valence-corrected chi connectivity index (χ0v) is 17.5. The molecule has 2 heterocycles. The minimum absolute atomic E-state index is 0.0195. The Balaban J connectivity index is 1.41. The van der Waals surface area contributed by atoms with Gasteiger partial charge in [-0.1, -0.05) is 47.2 Å². The van der Waals surface area contributed by atoms with Gasteiger partial charge in [-0.25, -0.2) is 0 Å². The second-order valence-electron chi connectivity index (χ2n) is 7.30. The maximum absolute atomic E-state index is 12.5. The molecule has 0 saturated carbocycles. The number of nitrogens with zero attached hydrogens (tertiary/aromatic N) is 4. The number of hydrogen-bond acceptors (Lipinski definition) is 7. The highest BCUT2D eigenvalue weighted by molar-refractivity contribution is 7.15. The average molecular weight is 437 g/mol. The van der Waals surface area contributed by atoms with Gasteiger partial charge in [0.2, 0.25) is 16.9 Å². The molecule has 1 aromatic heterocycles. The maximum atomic E-state index is 12.5. The normalized spacial score (nSPS) is 15.8. The van der Waals surface area contributed by atoms with Crippen LogP contribution in [0.15, 0.2) is 48.5 Å². The Hall–Kier alpha value is -3.66. The molecule has 2 aromatic carbocycles. The first-order valence-corrected chi connectivity index (χ1v) is 10.4. The van der Waals surface area contributed by atoms with E-state index in [-0.39, 0.29) is 23.9 Å². The molecule has 0 radical (unpaired) electrons. The van der Waals surface area contributed by atoms with Crippen molar-refractivity contribution >= 4 is 39.7 Å². The fourth-order valence-corrected chi connectivity index (χ4v) is 4.32. The number of nitrogens with one attached hydrogen (secondary N) is 1. The largest absolute Gasteiger partial charge is 0.312 e. The Kier molecular flexibility index (Phi) is 5.72. The van der Waals surface area contributed by atoms with Crippen molar-refractivity contribution in [2.24, 2.45) is 0 Å². The molecule has 0 spiro atoms. The number of rotatable bonds is 6. The maximum Gasteiger partial charge on any atom is 0.273 e. The first kappa shape index (κ1) is 20.6. The number of benzene rings is 2. The Morgan fingerprint density at radius 3 is 2.71 bits per heavy atom. The molecule has 9 nitrogen and oxygen atoms in total. The molecule has 2 amide bonds. The van der Waals surface area contributed by atoms with Crippen molar-refractivity contribution in [1.29, 1.82) is 0 Å². The monoisotopic (exact) mass is 437 g/mol. The van der Waals surface area contributed by atoms with Crippen LogP contribution in [0.3, 0.4) is 0 Å². The van der Waals surface area contributed by atoms with Gasteiger partial charge in [0.05, 0.1) is 11.3 Å². The number of carbonyl (C=O) groups is 2. The Labute approximate surface area is 181 Å². The third-order valence-corrected chi connectivity index (χ3v) is 6.05. The predicted octanol–water partition coefficient (Wildman–Crippen LogP) is 3.46. The molecular formula is C21H19N5O4S. The predicted molar refractivity (Wildman–Crippen MR) is 116 cm³/mol. The van der Waals surface area contributed by atoms with E-state index in [2.05, 4.69) is 15.5 Å². The fourth-order valence-electron chi connectivity index (χ4n) is 3.47. The SMILES string of the molecule is Cc1ccc(N2CC(c3nnc(NC(=O)Cc4ccccc4[N+](=O)[O-])s3)CC2=O)cc1. The van der Waals surface area contributed by atoms with Crippen molar-refractivity contribution in [2.45, 2.75) is 25.7 Å². The molecule has 31 heavy (non-hydrogen) atoms. The highest BCUT2D eigenvalue weighted by atomic mass is 32.1. The van der Waals surface area contributed by atoms with Crippen molar-refractivity contribution in [2.75, 3.05) is 16.8 Å². The van der Waals surface area contributed by atoms with E-state index in [0.29, 0.717) is 28.7 Å². The molecule has 0 aliphatic carbocycles. The lowest BCUT2D eigenvalue weighted by Crippen LogP contribution is -2.24. The molecule has 4 rings (SSSR count). The molecule has 158 valence electrons. The van der Waals surface area contributed by atoms with Crippen LogP contribution in [-0.4, -0.2) is 33.5 Å². The van der Waals surface area contributed by atoms with Crippen molar-refractivity contribution in [3.63, 3.8) is 0 Å². The van der Waals surface area contributed by atoms with Crippen molar-refractivity contribution in [1.82, 2.24) is 10.2 Å². The van der Waals surface area contributed by atoms with E-state index in [9.17, 15) is 19.7 Å². The van der Waals surface area contributed by atoms with Crippen molar-refractivity contribution in [3.05, 3.63) is 74.8 Å². The number of aryl methyl sites for hydroxylation is 1. The van der Waals surface area contributed by atoms with E-state index in [1.807, 2.05) is 31.2 Å². The minimum atomic E-state index is -0.511. The highest BCUT2D eigenvalue weighted by Gasteiger charge is 2.34. The average Bonchev–Trinajstić information content (AvgIpc) is 3.35. The molecular weight excluding hydrogens is 418 g/mol. The van der Waals surface area contributed by atoms with Crippen LogP contribution >= 0.6 is 11.3 Å². The number of aromatic nitrogens is 2. The molecule has 1 aliphatic rings. The standard InChI is InChI=1S/C21H19N5O4S/c1-13-6-8-16(9-7-13)25-12-15(11-19(25)28)20-23-24-21(31-20)22-18(27)10-14-4-2-3-5-17(14)26(29)30/h2-9,15H,10-12H2,1H3,(H,22,24,27). The van der Waals surface area contributed by atoms with Crippen LogP contribution in [0, 0.1) is 17.0 Å². The van der Waals surface area contributed by atoms with Gasteiger partial charge in [0.25, 0.3) is 5.69 Å². The molecule has 3 aromatic rings. The molecule has 0 bridgehead atoms. The number of anilines is 2. The first-order chi connectivity index (χ1) is 14.9. The third kappa shape index (κ3) is 4.58. The summed E-state index contributed by atoms with van der Waals surface area (Å²) in [6.07, 6.45) is 0.182. The summed E-state index contributed by atoms with van der Waals surface area (Å²) in [5.74, 6) is -0.501. The van der Waals surface area contributed by atoms with E-state index < -0.39 is 10.8 Å². The molecule has 1 aliphatic heterocycles. The smallest absolute Gasteiger partial charge is 0.273 e. The van der Waals surface area contributed by atoms with Crippen LogP contribution in [0.2, 0.25) is 0 Å². The number of nitro groups is 1. The number of nitro benzene ring substituents is 1. The van der Waals surface area contributed by atoms with E-state index in [4.69, 9.17) is 0 Å². The molecule has 1 saturated heterocycles. The quantitative estimate of drug-likeness (QED) is 0.466. The van der Waals surface area contributed by atoms with Gasteiger partial charge in [-0.15, -0.1) is 10.2 Å². The summed E-state index contributed by atoms with van der Waals surface area (Å²) in [5.41, 5.74) is 2.19. The second kappa shape index (κ2) is 8.60. The van der Waals surface area contributed by atoms with Gasteiger partial charge >= 0.3 is 0 Å². The van der Waals surface area contributed by atoms with E-state index in [0.717, 1.165) is 11.3 Å². The minimum Gasteiger partial charge on any atom is -0.312 e. The molecule has 10 heteroatoms. The lowest BCUT2D eigenvalue weighted by atomic mass is 10.1. The number of carbonyl (C=O) groups excluding carboxylic acids is 2. The van der Waals surface area contributed by atoms with Crippen LogP contribution in [0.1, 0.15) is 28.5 Å². The number of para-hydroxylation sites is 1. The molecule has 1 atom stereocenters. The van der Waals surface area contributed by atoms with Crippen LogP contribution < -0.4 is 10.2 Å². The van der Waals surface area contributed by atoms with Crippen LogP contribution in [-0.2, 0) is 16.0 Å². The van der Waals surface area contributed by atoms with Crippen molar-refractivity contribution in [3.8, 4) is 0 Å². The Morgan fingerprint density at radius 2 is 1.97 bits per heavy atom. The van der Waals surface area contributed by atoms with Gasteiger partial charge in [-0.05, 0) is 19.1 Å². The third-order valence-electron chi connectivity index (χ3n) is 5.05. The molecule has 1 N–H and O–H groups in total. The van der Waals surface area contributed by atoms with Crippen LogP contribution in [0.5, 0.6) is 0 Å². The summed E-state index contributed by atoms with van der Waals surface area (Å²) in [7, 11) is 0.